The molecule has 0 aliphatic heterocycles. The summed E-state index contributed by atoms with van der Waals surface area (Å²) in [6, 6.07) is 1.59. The van der Waals surface area contributed by atoms with Crippen LogP contribution in [0.25, 0.3) is 0 Å². The fourth-order valence-corrected chi connectivity index (χ4v) is 6.75. The Morgan fingerprint density at radius 1 is 1.33 bits per heavy atom. The largest absolute Gasteiger partial charge is 0.349 e. The summed E-state index contributed by atoms with van der Waals surface area (Å²) in [6.07, 6.45) is 3.84. The van der Waals surface area contributed by atoms with E-state index in [2.05, 4.69) is 5.32 Å². The van der Waals surface area contributed by atoms with Crippen LogP contribution in [0, 0.1) is 23.7 Å². The van der Waals surface area contributed by atoms with Gasteiger partial charge in [-0.3, -0.25) is 4.79 Å². The lowest BCUT2D eigenvalue weighted by Gasteiger charge is -2.10. The number of halogens is 1. The minimum Gasteiger partial charge on any atom is -0.349 e. The fourth-order valence-electron chi connectivity index (χ4n) is 4.46. The summed E-state index contributed by atoms with van der Waals surface area (Å²) in [6.45, 7) is 0. The first-order chi connectivity index (χ1) is 9.86. The van der Waals surface area contributed by atoms with Crippen molar-refractivity contribution in [3.8, 4) is 0 Å². The Morgan fingerprint density at radius 2 is 1.95 bits per heavy atom. The maximum atomic E-state index is 12.4. The highest BCUT2D eigenvalue weighted by Crippen LogP contribution is 2.65. The van der Waals surface area contributed by atoms with E-state index in [1.165, 1.54) is 25.3 Å². The van der Waals surface area contributed by atoms with Crippen molar-refractivity contribution in [2.75, 3.05) is 0 Å². The van der Waals surface area contributed by atoms with E-state index in [0.29, 0.717) is 11.8 Å². The van der Waals surface area contributed by atoms with Crippen LogP contribution in [0.15, 0.2) is 10.3 Å². The highest BCUT2D eigenvalue weighted by molar-refractivity contribution is 7.91. The average Bonchev–Trinajstić information content (AvgIpc) is 2.81. The Kier molecular flexibility index (Phi) is 2.96. The lowest BCUT2D eigenvalue weighted by Crippen LogP contribution is -2.31. The van der Waals surface area contributed by atoms with Gasteiger partial charge in [0.25, 0.3) is 5.91 Å². The van der Waals surface area contributed by atoms with Gasteiger partial charge in [-0.1, -0.05) is 11.6 Å². The standard InChI is InChI=1S/C13H15ClN2O3S2/c14-8-4-7(13(20-8)21(15,18)19)12(17)16-11-9-5-1-2-6(3-5)10(9)11/h4-6,9-11H,1-3H2,(H,16,17)(H2,15,18,19). The van der Waals surface area contributed by atoms with E-state index < -0.39 is 10.0 Å². The summed E-state index contributed by atoms with van der Waals surface area (Å²) < 4.78 is 23.2. The number of thiophene rings is 1. The minimum absolute atomic E-state index is 0.0739. The molecule has 3 fully saturated rings. The highest BCUT2D eigenvalue weighted by Gasteiger charge is 2.65. The maximum absolute atomic E-state index is 12.4. The molecule has 4 atom stereocenters. The molecule has 0 radical (unpaired) electrons. The van der Waals surface area contributed by atoms with Crippen LogP contribution in [0.5, 0.6) is 0 Å². The van der Waals surface area contributed by atoms with Gasteiger partial charge in [0.05, 0.1) is 9.90 Å². The third-order valence-electron chi connectivity index (χ3n) is 5.20. The van der Waals surface area contributed by atoms with Crippen LogP contribution < -0.4 is 10.5 Å². The molecule has 8 heteroatoms. The molecule has 0 saturated heterocycles. The number of rotatable bonds is 3. The second-order valence-corrected chi connectivity index (χ2v) is 9.72. The Bertz CT molecular complexity index is 714. The first kappa shape index (κ1) is 14.0. The van der Waals surface area contributed by atoms with E-state index in [-0.39, 0.29) is 26.1 Å². The van der Waals surface area contributed by atoms with Crippen molar-refractivity contribution < 1.29 is 13.2 Å². The van der Waals surface area contributed by atoms with E-state index in [0.717, 1.165) is 23.2 Å². The number of hydrogen-bond acceptors (Lipinski definition) is 4. The molecule has 3 aliphatic rings. The lowest BCUT2D eigenvalue weighted by atomic mass is 10.0. The second-order valence-electron chi connectivity index (χ2n) is 6.28. The van der Waals surface area contributed by atoms with Crippen LogP contribution in [-0.2, 0) is 10.0 Å². The molecule has 0 aromatic carbocycles. The Morgan fingerprint density at radius 3 is 2.52 bits per heavy atom. The zero-order valence-corrected chi connectivity index (χ0v) is 13.5. The predicted molar refractivity (Wildman–Crippen MR) is 79.8 cm³/mol. The first-order valence-corrected chi connectivity index (χ1v) is 9.73. The van der Waals surface area contributed by atoms with Crippen LogP contribution in [0.4, 0.5) is 0 Å². The van der Waals surface area contributed by atoms with Gasteiger partial charge in [-0.05, 0) is 49.0 Å². The van der Waals surface area contributed by atoms with Crippen LogP contribution in [-0.4, -0.2) is 20.4 Å². The smallest absolute Gasteiger partial charge is 0.253 e. The lowest BCUT2D eigenvalue weighted by molar-refractivity contribution is 0.0942. The molecule has 1 aromatic heterocycles. The molecule has 1 heterocycles. The van der Waals surface area contributed by atoms with E-state index in [4.69, 9.17) is 16.7 Å². The van der Waals surface area contributed by atoms with Crippen LogP contribution in [0.1, 0.15) is 29.6 Å². The zero-order chi connectivity index (χ0) is 14.9. The summed E-state index contributed by atoms with van der Waals surface area (Å²) in [5.74, 6) is 2.31. The van der Waals surface area contributed by atoms with Gasteiger partial charge in [0.1, 0.15) is 4.21 Å². The summed E-state index contributed by atoms with van der Waals surface area (Å²) in [5.41, 5.74) is 0.0739. The number of primary sulfonamides is 1. The highest BCUT2D eigenvalue weighted by atomic mass is 35.5. The van der Waals surface area contributed by atoms with Gasteiger partial charge in [-0.2, -0.15) is 0 Å². The molecule has 1 aromatic rings. The van der Waals surface area contributed by atoms with Gasteiger partial charge in [-0.25, -0.2) is 13.6 Å². The molecular weight excluding hydrogens is 332 g/mol. The number of sulfonamides is 1. The van der Waals surface area contributed by atoms with E-state index >= 15 is 0 Å². The number of carbonyl (C=O) groups is 1. The third kappa shape index (κ3) is 2.13. The van der Waals surface area contributed by atoms with Crippen LogP contribution in [0.3, 0.4) is 0 Å². The molecular formula is C13H15ClN2O3S2. The molecule has 3 aliphatic carbocycles. The second kappa shape index (κ2) is 4.44. The fraction of sp³-hybridized carbons (Fsp3) is 0.615. The van der Waals surface area contributed by atoms with Gasteiger partial charge in [0.2, 0.25) is 10.0 Å². The maximum Gasteiger partial charge on any atom is 0.253 e. The van der Waals surface area contributed by atoms with Crippen molar-refractivity contribution >= 4 is 38.9 Å². The van der Waals surface area contributed by atoms with Crippen LogP contribution >= 0.6 is 22.9 Å². The van der Waals surface area contributed by atoms with E-state index in [1.807, 2.05) is 0 Å². The molecule has 21 heavy (non-hydrogen) atoms. The van der Waals surface area contributed by atoms with Crippen LogP contribution in [0.2, 0.25) is 4.34 Å². The van der Waals surface area contributed by atoms with Crippen molar-refractivity contribution in [2.45, 2.75) is 29.5 Å². The van der Waals surface area contributed by atoms with Crippen molar-refractivity contribution in [1.82, 2.24) is 5.32 Å². The number of hydrogen-bond donors (Lipinski definition) is 2. The van der Waals surface area contributed by atoms with Gasteiger partial charge in [0, 0.05) is 6.04 Å². The molecule has 0 spiro atoms. The molecule has 3 saturated carbocycles. The monoisotopic (exact) mass is 346 g/mol. The molecule has 2 bridgehead atoms. The molecule has 4 unspecified atom stereocenters. The van der Waals surface area contributed by atoms with Crippen molar-refractivity contribution in [3.63, 3.8) is 0 Å². The molecule has 3 N–H and O–H groups in total. The molecule has 114 valence electrons. The van der Waals surface area contributed by atoms with Crippen molar-refractivity contribution in [2.24, 2.45) is 28.8 Å². The van der Waals surface area contributed by atoms with Gasteiger partial charge >= 0.3 is 0 Å². The topological polar surface area (TPSA) is 89.3 Å². The number of amides is 1. The molecule has 1 amide bonds. The number of carbonyl (C=O) groups excluding carboxylic acids is 1. The Hall–Kier alpha value is -0.630. The number of nitrogens with one attached hydrogen (secondary N) is 1. The van der Waals surface area contributed by atoms with Gasteiger partial charge in [-0.15, -0.1) is 11.3 Å². The molecule has 5 nitrogen and oxygen atoms in total. The number of nitrogens with two attached hydrogens (primary N) is 1. The van der Waals surface area contributed by atoms with Gasteiger partial charge < -0.3 is 5.32 Å². The average molecular weight is 347 g/mol. The Labute approximate surface area is 131 Å². The van der Waals surface area contributed by atoms with E-state index in [9.17, 15) is 13.2 Å². The zero-order valence-electron chi connectivity index (χ0n) is 11.1. The minimum atomic E-state index is -3.93. The van der Waals surface area contributed by atoms with Crippen molar-refractivity contribution in [1.29, 1.82) is 0 Å². The first-order valence-electron chi connectivity index (χ1n) is 6.99. The SMILES string of the molecule is NS(=O)(=O)c1sc(Cl)cc1C(=O)NC1C2C3CCC(C3)C12. The predicted octanol–water partition coefficient (Wildman–Crippen LogP) is 1.82. The summed E-state index contributed by atoms with van der Waals surface area (Å²) in [4.78, 5) is 12.4. The number of fused-ring (bicyclic) bond motifs is 5. The third-order valence-corrected chi connectivity index (χ3v) is 7.95. The Balaban J connectivity index is 1.55. The summed E-state index contributed by atoms with van der Waals surface area (Å²) >= 11 is 6.66. The quantitative estimate of drug-likeness (QED) is 0.874. The van der Waals surface area contributed by atoms with E-state index in [1.54, 1.807) is 0 Å². The summed E-state index contributed by atoms with van der Waals surface area (Å²) in [5, 5.41) is 8.13. The van der Waals surface area contributed by atoms with Crippen molar-refractivity contribution in [3.05, 3.63) is 16.0 Å². The summed E-state index contributed by atoms with van der Waals surface area (Å²) in [7, 11) is -3.93. The normalized spacial score (nSPS) is 36.6. The molecule has 4 rings (SSSR count). The van der Waals surface area contributed by atoms with Gasteiger partial charge in [0.15, 0.2) is 0 Å².